The number of rotatable bonds is 1. The maximum atomic E-state index is 11.6. The normalized spacial score (nSPS) is 16.0. The van der Waals surface area contributed by atoms with Gasteiger partial charge in [0.2, 0.25) is 0 Å². The van der Waals surface area contributed by atoms with Crippen molar-refractivity contribution in [1.82, 2.24) is 4.90 Å². The van der Waals surface area contributed by atoms with Crippen molar-refractivity contribution in [2.24, 2.45) is 0 Å². The monoisotopic (exact) mass is 234 g/mol. The molecule has 1 aromatic carbocycles. The average molecular weight is 234 g/mol. The Hall–Kier alpha value is -1.71. The minimum absolute atomic E-state index is 0.00812. The highest BCUT2D eigenvalue weighted by molar-refractivity contribution is 5.89. The summed E-state index contributed by atoms with van der Waals surface area (Å²) in [5, 5.41) is 2.84. The van der Waals surface area contributed by atoms with E-state index >= 15 is 0 Å². The fourth-order valence-electron chi connectivity index (χ4n) is 1.83. The number of amides is 2. The number of nitrogens with zero attached hydrogens (tertiary/aromatic N) is 1. The Bertz CT molecular complexity index is 453. The summed E-state index contributed by atoms with van der Waals surface area (Å²) in [5.74, 6) is 0.915. The van der Waals surface area contributed by atoms with Crippen molar-refractivity contribution in [3.63, 3.8) is 0 Å². The molecule has 0 radical (unpaired) electrons. The van der Waals surface area contributed by atoms with E-state index in [0.717, 1.165) is 17.0 Å². The number of nitrogens with one attached hydrogen (secondary N) is 1. The fourth-order valence-corrected chi connectivity index (χ4v) is 1.83. The lowest BCUT2D eigenvalue weighted by Gasteiger charge is -2.17. The number of urea groups is 1. The van der Waals surface area contributed by atoms with Crippen molar-refractivity contribution < 1.29 is 9.53 Å². The number of fused-ring (bicyclic) bond motifs is 1. The van der Waals surface area contributed by atoms with Gasteiger partial charge in [0.25, 0.3) is 0 Å². The van der Waals surface area contributed by atoms with Crippen LogP contribution in [0.2, 0.25) is 0 Å². The van der Waals surface area contributed by atoms with E-state index in [2.05, 4.69) is 19.2 Å². The Balaban J connectivity index is 2.25. The number of hydrogen-bond acceptors (Lipinski definition) is 2. The number of carbonyl (C=O) groups excluding carboxylic acids is 1. The molecule has 1 heterocycles. The summed E-state index contributed by atoms with van der Waals surface area (Å²) in [5.41, 5.74) is 1.96. The Kier molecular flexibility index (Phi) is 2.73. The molecule has 0 bridgehead atoms. The van der Waals surface area contributed by atoms with Gasteiger partial charge in [-0.3, -0.25) is 0 Å². The first-order valence-electron chi connectivity index (χ1n) is 5.66. The largest absolute Gasteiger partial charge is 0.492 e. The molecule has 1 aliphatic heterocycles. The van der Waals surface area contributed by atoms with Gasteiger partial charge in [0.05, 0.1) is 6.61 Å². The van der Waals surface area contributed by atoms with Crippen LogP contribution in [0, 0.1) is 0 Å². The van der Waals surface area contributed by atoms with E-state index < -0.39 is 0 Å². The third kappa shape index (κ3) is 2.20. The maximum absolute atomic E-state index is 11.6. The molecular formula is C13H18N2O2. The summed E-state index contributed by atoms with van der Waals surface area (Å²) in [6.07, 6.45) is 0. The van der Waals surface area contributed by atoms with E-state index in [9.17, 15) is 4.79 Å². The lowest BCUT2D eigenvalue weighted by Crippen LogP contribution is -2.27. The number of hydrogen-bond donors (Lipinski definition) is 1. The van der Waals surface area contributed by atoms with Crippen LogP contribution in [0.5, 0.6) is 5.75 Å². The second-order valence-electron chi connectivity index (χ2n) is 5.21. The van der Waals surface area contributed by atoms with Gasteiger partial charge in [-0.1, -0.05) is 13.8 Å². The van der Waals surface area contributed by atoms with E-state index in [1.165, 1.54) is 4.90 Å². The summed E-state index contributed by atoms with van der Waals surface area (Å²) in [6.45, 7) is 4.96. The van der Waals surface area contributed by atoms with Crippen LogP contribution in [0.4, 0.5) is 10.5 Å². The maximum Gasteiger partial charge on any atom is 0.321 e. The SMILES string of the molecule is CN(C)C(=O)Nc1ccc2c(c1)C(C)(C)CO2. The minimum Gasteiger partial charge on any atom is -0.492 e. The van der Waals surface area contributed by atoms with Gasteiger partial charge in [0.1, 0.15) is 5.75 Å². The summed E-state index contributed by atoms with van der Waals surface area (Å²) in [7, 11) is 3.44. The standard InChI is InChI=1S/C13H18N2O2/c1-13(2)8-17-11-6-5-9(7-10(11)13)14-12(16)15(3)4/h5-7H,8H2,1-4H3,(H,14,16). The van der Waals surface area contributed by atoms with Gasteiger partial charge < -0.3 is 15.0 Å². The third-order valence-corrected chi connectivity index (χ3v) is 2.95. The smallest absolute Gasteiger partial charge is 0.321 e. The van der Waals surface area contributed by atoms with Crippen molar-refractivity contribution in [3.8, 4) is 5.75 Å². The van der Waals surface area contributed by atoms with E-state index in [0.29, 0.717) is 6.61 Å². The van der Waals surface area contributed by atoms with Crippen LogP contribution in [0.3, 0.4) is 0 Å². The second-order valence-corrected chi connectivity index (χ2v) is 5.21. The average Bonchev–Trinajstić information content (AvgIpc) is 2.55. The topological polar surface area (TPSA) is 41.6 Å². The molecule has 0 fully saturated rings. The Labute approximate surface area is 102 Å². The molecule has 4 nitrogen and oxygen atoms in total. The van der Waals surface area contributed by atoms with E-state index in [1.54, 1.807) is 14.1 Å². The number of benzene rings is 1. The first kappa shape index (κ1) is 11.8. The molecule has 2 amide bonds. The Morgan fingerprint density at radius 3 is 2.76 bits per heavy atom. The molecule has 0 aliphatic carbocycles. The van der Waals surface area contributed by atoms with Crippen LogP contribution in [0.1, 0.15) is 19.4 Å². The minimum atomic E-state index is -0.123. The highest BCUT2D eigenvalue weighted by atomic mass is 16.5. The van der Waals surface area contributed by atoms with Crippen molar-refractivity contribution >= 4 is 11.7 Å². The highest BCUT2D eigenvalue weighted by Gasteiger charge is 2.31. The van der Waals surface area contributed by atoms with Gasteiger partial charge in [-0.05, 0) is 18.2 Å². The van der Waals surface area contributed by atoms with Gasteiger partial charge >= 0.3 is 6.03 Å². The van der Waals surface area contributed by atoms with Gasteiger partial charge in [0.15, 0.2) is 0 Å². The zero-order chi connectivity index (χ0) is 12.6. The molecule has 0 saturated carbocycles. The number of ether oxygens (including phenoxy) is 1. The molecule has 17 heavy (non-hydrogen) atoms. The molecule has 1 N–H and O–H groups in total. The van der Waals surface area contributed by atoms with Crippen LogP contribution in [0.15, 0.2) is 18.2 Å². The predicted octanol–water partition coefficient (Wildman–Crippen LogP) is 2.45. The van der Waals surface area contributed by atoms with Gasteiger partial charge in [0, 0.05) is 30.8 Å². The molecule has 1 aromatic rings. The van der Waals surface area contributed by atoms with E-state index in [4.69, 9.17) is 4.74 Å². The summed E-state index contributed by atoms with van der Waals surface area (Å²) >= 11 is 0. The summed E-state index contributed by atoms with van der Waals surface area (Å²) in [6, 6.07) is 5.64. The summed E-state index contributed by atoms with van der Waals surface area (Å²) < 4.78 is 5.60. The van der Waals surface area contributed by atoms with Crippen LogP contribution in [-0.2, 0) is 5.41 Å². The lowest BCUT2D eigenvalue weighted by molar-refractivity contribution is 0.230. The van der Waals surface area contributed by atoms with E-state index in [1.807, 2.05) is 18.2 Å². The molecule has 0 atom stereocenters. The van der Waals surface area contributed by atoms with Crippen molar-refractivity contribution in [2.45, 2.75) is 19.3 Å². The lowest BCUT2D eigenvalue weighted by atomic mass is 9.87. The molecule has 2 rings (SSSR count). The van der Waals surface area contributed by atoms with Gasteiger partial charge in [-0.15, -0.1) is 0 Å². The molecule has 0 unspecified atom stereocenters. The van der Waals surface area contributed by atoms with E-state index in [-0.39, 0.29) is 11.4 Å². The number of anilines is 1. The third-order valence-electron chi connectivity index (χ3n) is 2.95. The molecule has 0 saturated heterocycles. The molecule has 1 aliphatic rings. The second kappa shape index (κ2) is 3.95. The van der Waals surface area contributed by atoms with Crippen molar-refractivity contribution in [2.75, 3.05) is 26.0 Å². The fraction of sp³-hybridized carbons (Fsp3) is 0.462. The first-order chi connectivity index (χ1) is 7.90. The van der Waals surface area contributed by atoms with Gasteiger partial charge in [-0.25, -0.2) is 4.79 Å². The first-order valence-corrected chi connectivity index (χ1v) is 5.66. The van der Waals surface area contributed by atoms with Crippen molar-refractivity contribution in [1.29, 1.82) is 0 Å². The quantitative estimate of drug-likeness (QED) is 0.811. The van der Waals surface area contributed by atoms with Crippen LogP contribution >= 0.6 is 0 Å². The highest BCUT2D eigenvalue weighted by Crippen LogP contribution is 2.39. The molecule has 4 heteroatoms. The Morgan fingerprint density at radius 2 is 2.12 bits per heavy atom. The van der Waals surface area contributed by atoms with Crippen LogP contribution < -0.4 is 10.1 Å². The summed E-state index contributed by atoms with van der Waals surface area (Å²) in [4.78, 5) is 13.1. The van der Waals surface area contributed by atoms with Crippen LogP contribution in [0.25, 0.3) is 0 Å². The predicted molar refractivity (Wildman–Crippen MR) is 67.7 cm³/mol. The molecular weight excluding hydrogens is 216 g/mol. The Morgan fingerprint density at radius 1 is 1.41 bits per heavy atom. The zero-order valence-corrected chi connectivity index (χ0v) is 10.7. The molecule has 0 aromatic heterocycles. The zero-order valence-electron chi connectivity index (χ0n) is 10.7. The van der Waals surface area contributed by atoms with Crippen molar-refractivity contribution in [3.05, 3.63) is 23.8 Å². The van der Waals surface area contributed by atoms with Gasteiger partial charge in [-0.2, -0.15) is 0 Å². The van der Waals surface area contributed by atoms with Crippen LogP contribution in [-0.4, -0.2) is 31.6 Å². The molecule has 0 spiro atoms. The number of carbonyl (C=O) groups is 1. The molecule has 92 valence electrons.